The summed E-state index contributed by atoms with van der Waals surface area (Å²) in [6, 6.07) is 6.87. The van der Waals surface area contributed by atoms with E-state index in [-0.39, 0.29) is 17.6 Å². The second-order valence-electron chi connectivity index (χ2n) is 5.09. The summed E-state index contributed by atoms with van der Waals surface area (Å²) in [4.78, 5) is 20.6. The standard InChI is InChI=1S/C16H20N4O3/c1-10(2)18-16-17-8-7-12(20-16)15(21)19-11-5-6-13(22-3)14(9-11)23-4/h5-10H,1-4H3,(H,19,21)(H,17,18,20). The largest absolute Gasteiger partial charge is 0.493 e. The number of benzene rings is 1. The van der Waals surface area contributed by atoms with Gasteiger partial charge in [0, 0.05) is 24.0 Å². The number of carbonyl (C=O) groups is 1. The summed E-state index contributed by atoms with van der Waals surface area (Å²) >= 11 is 0. The highest BCUT2D eigenvalue weighted by atomic mass is 16.5. The fourth-order valence-corrected chi connectivity index (χ4v) is 1.92. The van der Waals surface area contributed by atoms with Crippen molar-refractivity contribution in [2.75, 3.05) is 24.9 Å². The van der Waals surface area contributed by atoms with Gasteiger partial charge in [-0.2, -0.15) is 0 Å². The van der Waals surface area contributed by atoms with Crippen LogP contribution in [0.2, 0.25) is 0 Å². The molecule has 0 atom stereocenters. The van der Waals surface area contributed by atoms with E-state index in [4.69, 9.17) is 9.47 Å². The van der Waals surface area contributed by atoms with Crippen LogP contribution in [0, 0.1) is 0 Å². The Morgan fingerprint density at radius 2 is 1.87 bits per heavy atom. The third-order valence-electron chi connectivity index (χ3n) is 2.95. The summed E-state index contributed by atoms with van der Waals surface area (Å²) in [5.74, 6) is 1.22. The van der Waals surface area contributed by atoms with E-state index in [2.05, 4.69) is 20.6 Å². The lowest BCUT2D eigenvalue weighted by atomic mass is 10.2. The molecule has 1 aromatic carbocycles. The Hall–Kier alpha value is -2.83. The maximum Gasteiger partial charge on any atom is 0.274 e. The molecular formula is C16H20N4O3. The Labute approximate surface area is 135 Å². The predicted molar refractivity (Wildman–Crippen MR) is 88.3 cm³/mol. The van der Waals surface area contributed by atoms with Crippen LogP contribution in [0.4, 0.5) is 11.6 Å². The van der Waals surface area contributed by atoms with Gasteiger partial charge in [0.1, 0.15) is 5.69 Å². The molecule has 1 amide bonds. The van der Waals surface area contributed by atoms with Gasteiger partial charge in [0.15, 0.2) is 11.5 Å². The van der Waals surface area contributed by atoms with Crippen molar-refractivity contribution in [3.63, 3.8) is 0 Å². The van der Waals surface area contributed by atoms with Gasteiger partial charge in [-0.05, 0) is 32.0 Å². The van der Waals surface area contributed by atoms with E-state index >= 15 is 0 Å². The van der Waals surface area contributed by atoms with Gasteiger partial charge in [0.25, 0.3) is 5.91 Å². The zero-order chi connectivity index (χ0) is 16.8. The highest BCUT2D eigenvalue weighted by Gasteiger charge is 2.11. The lowest BCUT2D eigenvalue weighted by Crippen LogP contribution is -2.17. The fraction of sp³-hybridized carbons (Fsp3) is 0.312. The average molecular weight is 316 g/mol. The SMILES string of the molecule is COc1ccc(NC(=O)c2ccnc(NC(C)C)n2)cc1OC. The smallest absolute Gasteiger partial charge is 0.274 e. The minimum absolute atomic E-state index is 0.180. The molecule has 7 heteroatoms. The summed E-state index contributed by atoms with van der Waals surface area (Å²) in [5, 5.41) is 5.83. The Morgan fingerprint density at radius 3 is 2.52 bits per heavy atom. The number of hydrogen-bond donors (Lipinski definition) is 2. The number of rotatable bonds is 6. The Kier molecular flexibility index (Phi) is 5.35. The van der Waals surface area contributed by atoms with Crippen molar-refractivity contribution in [1.29, 1.82) is 0 Å². The normalized spacial score (nSPS) is 10.3. The van der Waals surface area contributed by atoms with Crippen LogP contribution in [0.15, 0.2) is 30.5 Å². The molecule has 2 N–H and O–H groups in total. The molecule has 2 aromatic rings. The second-order valence-corrected chi connectivity index (χ2v) is 5.09. The van der Waals surface area contributed by atoms with Crippen LogP contribution in [0.1, 0.15) is 24.3 Å². The summed E-state index contributed by atoms with van der Waals surface area (Å²) < 4.78 is 10.4. The minimum atomic E-state index is -0.327. The van der Waals surface area contributed by atoms with Crippen molar-refractivity contribution < 1.29 is 14.3 Å². The van der Waals surface area contributed by atoms with Crippen molar-refractivity contribution in [3.8, 4) is 11.5 Å². The number of aromatic nitrogens is 2. The number of nitrogens with zero attached hydrogens (tertiary/aromatic N) is 2. The topological polar surface area (TPSA) is 85.4 Å². The zero-order valence-electron chi connectivity index (χ0n) is 13.6. The van der Waals surface area contributed by atoms with E-state index in [0.717, 1.165) is 0 Å². The van der Waals surface area contributed by atoms with Gasteiger partial charge in [0.2, 0.25) is 5.95 Å². The molecule has 0 saturated heterocycles. The monoisotopic (exact) mass is 316 g/mol. The average Bonchev–Trinajstić information content (AvgIpc) is 2.54. The van der Waals surface area contributed by atoms with E-state index in [9.17, 15) is 4.79 Å². The number of anilines is 2. The molecule has 1 aromatic heterocycles. The van der Waals surface area contributed by atoms with Gasteiger partial charge in [0.05, 0.1) is 14.2 Å². The molecular weight excluding hydrogens is 296 g/mol. The Morgan fingerprint density at radius 1 is 1.13 bits per heavy atom. The number of carbonyl (C=O) groups excluding carboxylic acids is 1. The fourth-order valence-electron chi connectivity index (χ4n) is 1.92. The third kappa shape index (κ3) is 4.32. The number of hydrogen-bond acceptors (Lipinski definition) is 6. The van der Waals surface area contributed by atoms with Gasteiger partial charge in [-0.1, -0.05) is 0 Å². The number of methoxy groups -OCH3 is 2. The van der Waals surface area contributed by atoms with E-state index < -0.39 is 0 Å². The van der Waals surface area contributed by atoms with E-state index in [1.54, 1.807) is 37.6 Å². The van der Waals surface area contributed by atoms with Crippen LogP contribution in [0.3, 0.4) is 0 Å². The first-order chi connectivity index (χ1) is 11.0. The minimum Gasteiger partial charge on any atom is -0.493 e. The number of ether oxygens (including phenoxy) is 2. The van der Waals surface area contributed by atoms with Crippen LogP contribution in [-0.2, 0) is 0 Å². The quantitative estimate of drug-likeness (QED) is 0.852. The summed E-state index contributed by atoms with van der Waals surface area (Å²) in [5.41, 5.74) is 0.863. The molecule has 1 heterocycles. The molecule has 0 spiro atoms. The first-order valence-corrected chi connectivity index (χ1v) is 7.16. The molecule has 0 bridgehead atoms. The van der Waals surface area contributed by atoms with Gasteiger partial charge in [-0.3, -0.25) is 4.79 Å². The van der Waals surface area contributed by atoms with Crippen molar-refractivity contribution in [2.24, 2.45) is 0 Å². The predicted octanol–water partition coefficient (Wildman–Crippen LogP) is 2.57. The summed E-state index contributed by atoms with van der Waals surface area (Å²) in [6.45, 7) is 3.94. The van der Waals surface area contributed by atoms with Gasteiger partial charge in [-0.15, -0.1) is 0 Å². The van der Waals surface area contributed by atoms with Gasteiger partial charge in [-0.25, -0.2) is 9.97 Å². The van der Waals surface area contributed by atoms with Crippen LogP contribution in [0.5, 0.6) is 11.5 Å². The van der Waals surface area contributed by atoms with Crippen LogP contribution in [-0.4, -0.2) is 36.1 Å². The number of nitrogens with one attached hydrogen (secondary N) is 2. The van der Waals surface area contributed by atoms with E-state index in [1.165, 1.54) is 7.11 Å². The molecule has 0 aliphatic heterocycles. The Balaban J connectivity index is 2.15. The summed E-state index contributed by atoms with van der Waals surface area (Å²) in [7, 11) is 3.10. The first-order valence-electron chi connectivity index (χ1n) is 7.16. The second kappa shape index (κ2) is 7.44. The van der Waals surface area contributed by atoms with Gasteiger partial charge >= 0.3 is 0 Å². The number of amides is 1. The van der Waals surface area contributed by atoms with Crippen LogP contribution < -0.4 is 20.1 Å². The molecule has 0 unspecified atom stereocenters. The zero-order valence-corrected chi connectivity index (χ0v) is 13.6. The molecule has 0 aliphatic rings. The van der Waals surface area contributed by atoms with Crippen molar-refractivity contribution in [1.82, 2.24) is 9.97 Å². The Bertz CT molecular complexity index is 689. The molecule has 0 radical (unpaired) electrons. The maximum absolute atomic E-state index is 12.3. The van der Waals surface area contributed by atoms with Crippen molar-refractivity contribution in [2.45, 2.75) is 19.9 Å². The highest BCUT2D eigenvalue weighted by Crippen LogP contribution is 2.29. The lowest BCUT2D eigenvalue weighted by Gasteiger charge is -2.11. The highest BCUT2D eigenvalue weighted by molar-refractivity contribution is 6.03. The van der Waals surface area contributed by atoms with Gasteiger partial charge < -0.3 is 20.1 Å². The van der Waals surface area contributed by atoms with Crippen LogP contribution >= 0.6 is 0 Å². The lowest BCUT2D eigenvalue weighted by molar-refractivity contribution is 0.102. The molecule has 23 heavy (non-hydrogen) atoms. The van der Waals surface area contributed by atoms with E-state index in [0.29, 0.717) is 23.1 Å². The molecule has 0 aliphatic carbocycles. The first kappa shape index (κ1) is 16.5. The summed E-state index contributed by atoms with van der Waals surface area (Å²) in [6.07, 6.45) is 1.54. The molecule has 122 valence electrons. The molecule has 0 saturated carbocycles. The van der Waals surface area contributed by atoms with Crippen molar-refractivity contribution >= 4 is 17.5 Å². The molecule has 0 fully saturated rings. The molecule has 7 nitrogen and oxygen atoms in total. The van der Waals surface area contributed by atoms with Crippen LogP contribution in [0.25, 0.3) is 0 Å². The molecule has 2 rings (SSSR count). The van der Waals surface area contributed by atoms with E-state index in [1.807, 2.05) is 13.8 Å². The third-order valence-corrected chi connectivity index (χ3v) is 2.95. The maximum atomic E-state index is 12.3. The van der Waals surface area contributed by atoms with Crippen molar-refractivity contribution in [3.05, 3.63) is 36.2 Å².